The van der Waals surface area contributed by atoms with Gasteiger partial charge in [-0.2, -0.15) is 5.10 Å². The molecule has 2 unspecified atom stereocenters. The van der Waals surface area contributed by atoms with Crippen LogP contribution in [-0.2, 0) is 13.1 Å². The van der Waals surface area contributed by atoms with Crippen molar-refractivity contribution < 1.29 is 13.9 Å². The molecule has 1 N–H and O–H groups in total. The van der Waals surface area contributed by atoms with E-state index in [1.54, 1.807) is 12.3 Å². The maximum atomic E-state index is 13.1. The second-order valence-electron chi connectivity index (χ2n) is 9.40. The zero-order valence-corrected chi connectivity index (χ0v) is 20.2. The Labute approximate surface area is 209 Å². The molecule has 36 heavy (non-hydrogen) atoms. The number of carbonyl (C=O) groups is 1. The average Bonchev–Trinajstić information content (AvgIpc) is 2.87. The molecule has 1 fully saturated rings. The second-order valence-corrected chi connectivity index (χ2v) is 9.40. The summed E-state index contributed by atoms with van der Waals surface area (Å²) >= 11 is 0. The third-order valence-corrected chi connectivity index (χ3v) is 6.82. The Morgan fingerprint density at radius 3 is 2.78 bits per heavy atom. The molecule has 5 rings (SSSR count). The minimum absolute atomic E-state index is 0.0905. The Balaban J connectivity index is 1.29. The number of hydrogen-bond donors (Lipinski definition) is 1. The van der Waals surface area contributed by atoms with E-state index in [0.717, 1.165) is 55.2 Å². The van der Waals surface area contributed by atoms with Crippen molar-refractivity contribution >= 4 is 12.1 Å². The highest BCUT2D eigenvalue weighted by Crippen LogP contribution is 2.36. The fourth-order valence-corrected chi connectivity index (χ4v) is 5.30. The van der Waals surface area contributed by atoms with Crippen molar-refractivity contribution in [2.24, 2.45) is 11.0 Å². The van der Waals surface area contributed by atoms with Crippen LogP contribution in [0.3, 0.4) is 0 Å². The molecule has 8 heteroatoms. The number of benzene rings is 2. The van der Waals surface area contributed by atoms with Crippen LogP contribution in [0.5, 0.6) is 5.75 Å². The Kier molecular flexibility index (Phi) is 6.95. The van der Waals surface area contributed by atoms with Gasteiger partial charge in [0.1, 0.15) is 11.6 Å². The first kappa shape index (κ1) is 23.9. The van der Waals surface area contributed by atoms with Crippen LogP contribution in [0.1, 0.15) is 46.4 Å². The van der Waals surface area contributed by atoms with Gasteiger partial charge in [-0.05, 0) is 73.4 Å². The predicted octanol–water partition coefficient (Wildman–Crippen LogP) is 3.77. The van der Waals surface area contributed by atoms with Crippen molar-refractivity contribution in [1.29, 1.82) is 0 Å². The van der Waals surface area contributed by atoms with E-state index in [0.29, 0.717) is 24.0 Å². The van der Waals surface area contributed by atoms with Crippen molar-refractivity contribution in [2.45, 2.75) is 32.4 Å². The predicted molar refractivity (Wildman–Crippen MR) is 136 cm³/mol. The van der Waals surface area contributed by atoms with Crippen molar-refractivity contribution in [1.82, 2.24) is 14.9 Å². The third-order valence-electron chi connectivity index (χ3n) is 6.82. The lowest BCUT2D eigenvalue weighted by molar-refractivity contribution is 0.0955. The number of fused-ring (bicyclic) bond motifs is 4. The number of hydrogen-bond acceptors (Lipinski definition) is 5. The number of halogens is 1. The number of aromatic nitrogens is 1. The van der Waals surface area contributed by atoms with Gasteiger partial charge in [-0.15, -0.1) is 0 Å². The molecule has 3 heterocycles. The lowest BCUT2D eigenvalue weighted by Gasteiger charge is -2.43. The molecular formula is C28H29FN4O3. The van der Waals surface area contributed by atoms with Crippen LogP contribution in [0.15, 0.2) is 70.6 Å². The SMILES string of the molecule is CCOc1ccc(C=NNC(=O)c2ccc(F)cc2)cc1CN1CC2CC(C1)c1cccc(=O)n1C2. The quantitative estimate of drug-likeness (QED) is 0.406. The minimum Gasteiger partial charge on any atom is -0.494 e. The molecule has 186 valence electrons. The molecule has 1 amide bonds. The summed E-state index contributed by atoms with van der Waals surface area (Å²) in [5.74, 6) is 0.813. The number of nitrogens with zero attached hydrogens (tertiary/aromatic N) is 3. The third kappa shape index (κ3) is 5.23. The van der Waals surface area contributed by atoms with Gasteiger partial charge in [0.05, 0.1) is 12.8 Å². The number of hydrazone groups is 1. The maximum absolute atomic E-state index is 13.1. The van der Waals surface area contributed by atoms with E-state index < -0.39 is 11.7 Å². The van der Waals surface area contributed by atoms with Gasteiger partial charge in [-0.1, -0.05) is 6.07 Å². The first-order valence-electron chi connectivity index (χ1n) is 12.3. The zero-order chi connectivity index (χ0) is 25.1. The second kappa shape index (κ2) is 10.5. The highest BCUT2D eigenvalue weighted by molar-refractivity contribution is 5.94. The molecule has 0 radical (unpaired) electrons. The summed E-state index contributed by atoms with van der Waals surface area (Å²) in [6, 6.07) is 16.7. The number of rotatable bonds is 7. The van der Waals surface area contributed by atoms with Crippen LogP contribution in [0.25, 0.3) is 0 Å². The molecule has 0 spiro atoms. The van der Waals surface area contributed by atoms with E-state index in [1.165, 1.54) is 24.3 Å². The molecule has 7 nitrogen and oxygen atoms in total. The summed E-state index contributed by atoms with van der Waals surface area (Å²) in [6.45, 7) is 5.83. The van der Waals surface area contributed by atoms with Gasteiger partial charge in [-0.25, -0.2) is 9.82 Å². The lowest BCUT2D eigenvalue weighted by Crippen LogP contribution is -2.46. The van der Waals surface area contributed by atoms with Gasteiger partial charge in [0.2, 0.25) is 0 Å². The molecule has 3 aromatic rings. The molecule has 0 aliphatic carbocycles. The number of piperidine rings is 1. The highest BCUT2D eigenvalue weighted by Gasteiger charge is 2.34. The van der Waals surface area contributed by atoms with Crippen LogP contribution in [-0.4, -0.2) is 41.3 Å². The minimum atomic E-state index is -0.406. The molecule has 1 aromatic heterocycles. The number of nitrogens with one attached hydrogen (secondary N) is 1. The molecule has 2 bridgehead atoms. The van der Waals surface area contributed by atoms with E-state index in [4.69, 9.17) is 4.74 Å². The van der Waals surface area contributed by atoms with Crippen LogP contribution >= 0.6 is 0 Å². The average molecular weight is 489 g/mol. The fraction of sp³-hybridized carbons (Fsp3) is 0.321. The van der Waals surface area contributed by atoms with E-state index in [2.05, 4.69) is 21.5 Å². The first-order valence-corrected chi connectivity index (χ1v) is 12.3. The van der Waals surface area contributed by atoms with E-state index in [1.807, 2.05) is 35.8 Å². The molecule has 2 aliphatic rings. The van der Waals surface area contributed by atoms with Gasteiger partial charge in [0.25, 0.3) is 11.5 Å². The normalized spacial score (nSPS) is 19.2. The Hall–Kier alpha value is -3.78. The molecule has 2 atom stereocenters. The summed E-state index contributed by atoms with van der Waals surface area (Å²) in [6.07, 6.45) is 2.70. The standard InChI is InChI=1S/C28H29FN4O3/c1-2-36-26-11-6-19(14-30-31-28(35)21-7-9-24(29)10-8-21)12-23(26)18-32-15-20-13-22(17-32)25-4-3-5-27(34)33(25)16-20/h3-12,14,20,22H,2,13,15-18H2,1H3,(H,31,35). The summed E-state index contributed by atoms with van der Waals surface area (Å²) in [5, 5.41) is 4.08. The first-order chi connectivity index (χ1) is 17.5. The molecule has 2 aliphatic heterocycles. The number of carbonyl (C=O) groups excluding carboxylic acids is 1. The largest absolute Gasteiger partial charge is 0.494 e. The van der Waals surface area contributed by atoms with Gasteiger partial charge in [-0.3, -0.25) is 14.5 Å². The van der Waals surface area contributed by atoms with E-state index in [9.17, 15) is 14.0 Å². The Bertz CT molecular complexity index is 1340. The monoisotopic (exact) mass is 488 g/mol. The van der Waals surface area contributed by atoms with Gasteiger partial charge < -0.3 is 9.30 Å². The Morgan fingerprint density at radius 2 is 1.97 bits per heavy atom. The van der Waals surface area contributed by atoms with Crippen molar-refractivity contribution in [3.8, 4) is 5.75 Å². The van der Waals surface area contributed by atoms with Crippen LogP contribution in [0.2, 0.25) is 0 Å². The Morgan fingerprint density at radius 1 is 1.14 bits per heavy atom. The van der Waals surface area contributed by atoms with Gasteiger partial charge >= 0.3 is 0 Å². The van der Waals surface area contributed by atoms with Gasteiger partial charge in [0, 0.05) is 55.0 Å². The van der Waals surface area contributed by atoms with Crippen LogP contribution in [0.4, 0.5) is 4.39 Å². The smallest absolute Gasteiger partial charge is 0.271 e. The highest BCUT2D eigenvalue weighted by atomic mass is 19.1. The summed E-state index contributed by atoms with van der Waals surface area (Å²) in [5.41, 5.74) is 5.93. The van der Waals surface area contributed by atoms with E-state index in [-0.39, 0.29) is 5.56 Å². The lowest BCUT2D eigenvalue weighted by atomic mass is 9.83. The summed E-state index contributed by atoms with van der Waals surface area (Å²) in [4.78, 5) is 27.0. The number of amides is 1. The van der Waals surface area contributed by atoms with Crippen LogP contribution in [0, 0.1) is 11.7 Å². The maximum Gasteiger partial charge on any atom is 0.271 e. The molecule has 0 saturated carbocycles. The fourth-order valence-electron chi connectivity index (χ4n) is 5.30. The van der Waals surface area contributed by atoms with Crippen LogP contribution < -0.4 is 15.7 Å². The molecular weight excluding hydrogens is 459 g/mol. The summed E-state index contributed by atoms with van der Waals surface area (Å²) in [7, 11) is 0. The van der Waals surface area contributed by atoms with Crippen molar-refractivity contribution in [3.63, 3.8) is 0 Å². The molecule has 1 saturated heterocycles. The van der Waals surface area contributed by atoms with E-state index >= 15 is 0 Å². The number of pyridine rings is 1. The van der Waals surface area contributed by atoms with Crippen molar-refractivity contribution in [2.75, 3.05) is 19.7 Å². The number of likely N-dealkylation sites (tertiary alicyclic amines) is 1. The number of ether oxygens (including phenoxy) is 1. The molecule has 2 aromatic carbocycles. The van der Waals surface area contributed by atoms with Gasteiger partial charge in [0.15, 0.2) is 0 Å². The zero-order valence-electron chi connectivity index (χ0n) is 20.2. The topological polar surface area (TPSA) is 75.9 Å². The summed E-state index contributed by atoms with van der Waals surface area (Å²) < 4.78 is 20.9. The van der Waals surface area contributed by atoms with Crippen molar-refractivity contribution in [3.05, 3.63) is 99.2 Å².